The third kappa shape index (κ3) is 7.42. The van der Waals surface area contributed by atoms with Crippen molar-refractivity contribution in [3.63, 3.8) is 0 Å². The Hall–Kier alpha value is -4.55. The van der Waals surface area contributed by atoms with Crippen molar-refractivity contribution in [3.05, 3.63) is 71.2 Å². The van der Waals surface area contributed by atoms with E-state index in [1.165, 1.54) is 18.1 Å². The van der Waals surface area contributed by atoms with Crippen LogP contribution in [0, 0.1) is 11.8 Å². The molecule has 12 heteroatoms. The lowest BCUT2D eigenvalue weighted by Gasteiger charge is -2.45. The third-order valence-electron chi connectivity index (χ3n) is 12.8. The summed E-state index contributed by atoms with van der Waals surface area (Å²) in [4.78, 5) is 69.3. The molecule has 4 aliphatic heterocycles. The Morgan fingerprint density at radius 3 is 2.37 bits per heavy atom. The van der Waals surface area contributed by atoms with Crippen molar-refractivity contribution in [1.82, 2.24) is 30.5 Å². The summed E-state index contributed by atoms with van der Waals surface area (Å²) in [6.45, 7) is 4.61. The van der Waals surface area contributed by atoms with Gasteiger partial charge in [0, 0.05) is 31.7 Å². The highest BCUT2D eigenvalue weighted by molar-refractivity contribution is 6.12. The highest BCUT2D eigenvalue weighted by Gasteiger charge is 2.46. The summed E-state index contributed by atoms with van der Waals surface area (Å²) >= 11 is 0. The molecule has 6 heterocycles. The third-order valence-corrected chi connectivity index (χ3v) is 12.8. The van der Waals surface area contributed by atoms with Gasteiger partial charge in [-0.1, -0.05) is 43.2 Å². The van der Waals surface area contributed by atoms with Crippen molar-refractivity contribution in [1.29, 1.82) is 0 Å². The van der Waals surface area contributed by atoms with Crippen LogP contribution >= 0.6 is 0 Å². The molecule has 3 N–H and O–H groups in total. The Bertz CT molecular complexity index is 1870. The first kappa shape index (κ1) is 36.4. The molecule has 2 amide bonds. The van der Waals surface area contributed by atoms with Crippen LogP contribution in [0.1, 0.15) is 111 Å². The van der Waals surface area contributed by atoms with E-state index >= 15 is 0 Å². The summed E-state index contributed by atoms with van der Waals surface area (Å²) in [6, 6.07) is 12.6. The van der Waals surface area contributed by atoms with Gasteiger partial charge in [0.1, 0.15) is 11.9 Å². The van der Waals surface area contributed by atoms with Crippen LogP contribution in [0.5, 0.6) is 0 Å². The molecular weight excluding hydrogens is 681 g/mol. The summed E-state index contributed by atoms with van der Waals surface area (Å²) < 4.78 is 0. The van der Waals surface area contributed by atoms with E-state index in [4.69, 9.17) is 9.97 Å². The SMILES string of the molecule is CC(=O)C1C(=O)C(C2CCCC2)c2nc(Nc3ccc([C@H]4CC(Cc5ccc(C6CCC(=O)NC6=O)cc5)CCN4C4CCNCC4)cn3)ncc2N1C. The Morgan fingerprint density at radius 2 is 1.67 bits per heavy atom. The summed E-state index contributed by atoms with van der Waals surface area (Å²) in [5.41, 5.74) is 4.90. The van der Waals surface area contributed by atoms with Crippen LogP contribution in [-0.2, 0) is 25.6 Å². The van der Waals surface area contributed by atoms with Gasteiger partial charge in [0.25, 0.3) is 0 Å². The Kier molecular flexibility index (Phi) is 10.6. The fourth-order valence-electron chi connectivity index (χ4n) is 9.97. The molecule has 3 saturated heterocycles. The number of anilines is 3. The smallest absolute Gasteiger partial charge is 0.234 e. The predicted octanol–water partition coefficient (Wildman–Crippen LogP) is 5.13. The molecule has 2 aromatic heterocycles. The molecule has 3 aromatic rings. The maximum absolute atomic E-state index is 13.8. The highest BCUT2D eigenvalue weighted by Crippen LogP contribution is 2.45. The number of pyridine rings is 1. The summed E-state index contributed by atoms with van der Waals surface area (Å²) in [6.07, 6.45) is 14.2. The van der Waals surface area contributed by atoms with Crippen molar-refractivity contribution in [3.8, 4) is 0 Å². The lowest BCUT2D eigenvalue weighted by molar-refractivity contribution is -0.134. The first-order chi connectivity index (χ1) is 26.2. The number of carbonyl (C=O) groups is 4. The van der Waals surface area contributed by atoms with Gasteiger partial charge in [0.05, 0.1) is 29.4 Å². The number of hydrogen-bond donors (Lipinski definition) is 3. The first-order valence-electron chi connectivity index (χ1n) is 20.0. The molecule has 0 bridgehead atoms. The van der Waals surface area contributed by atoms with E-state index < -0.39 is 12.0 Å². The van der Waals surface area contributed by atoms with Crippen LogP contribution in [0.2, 0.25) is 0 Å². The van der Waals surface area contributed by atoms with E-state index in [1.807, 2.05) is 12.3 Å². The molecule has 4 fully saturated rings. The number of likely N-dealkylation sites (tertiary alicyclic amines) is 1. The molecule has 12 nitrogen and oxygen atoms in total. The molecule has 8 rings (SSSR count). The molecule has 0 radical (unpaired) electrons. The molecule has 1 aromatic carbocycles. The van der Waals surface area contributed by atoms with Gasteiger partial charge in [-0.2, -0.15) is 0 Å². The van der Waals surface area contributed by atoms with Crippen molar-refractivity contribution < 1.29 is 19.2 Å². The second-order valence-electron chi connectivity index (χ2n) is 16.2. The molecule has 5 atom stereocenters. The number of piperidine rings is 3. The molecule has 54 heavy (non-hydrogen) atoms. The maximum Gasteiger partial charge on any atom is 0.234 e. The zero-order valence-electron chi connectivity index (χ0n) is 31.4. The average molecular weight is 733 g/mol. The Morgan fingerprint density at radius 1 is 0.907 bits per heavy atom. The number of carbonyl (C=O) groups excluding carboxylic acids is 4. The van der Waals surface area contributed by atoms with Gasteiger partial charge in [-0.25, -0.2) is 15.0 Å². The van der Waals surface area contributed by atoms with Crippen LogP contribution in [0.3, 0.4) is 0 Å². The number of rotatable bonds is 9. The van der Waals surface area contributed by atoms with Gasteiger partial charge in [0.2, 0.25) is 17.8 Å². The van der Waals surface area contributed by atoms with Gasteiger partial charge >= 0.3 is 0 Å². The minimum atomic E-state index is -0.797. The van der Waals surface area contributed by atoms with Gasteiger partial charge in [0.15, 0.2) is 11.6 Å². The molecule has 5 aliphatic rings. The second-order valence-corrected chi connectivity index (χ2v) is 16.2. The molecule has 284 valence electrons. The van der Waals surface area contributed by atoms with Gasteiger partial charge in [-0.15, -0.1) is 0 Å². The number of Topliss-reactive ketones (excluding diaryl/α,β-unsaturated/α-hetero) is 2. The van der Waals surface area contributed by atoms with Crippen LogP contribution in [0.15, 0.2) is 48.8 Å². The minimum Gasteiger partial charge on any atom is -0.355 e. The summed E-state index contributed by atoms with van der Waals surface area (Å²) in [5.74, 6) is 0.483. The number of benzene rings is 1. The maximum atomic E-state index is 13.8. The Balaban J connectivity index is 0.986. The normalized spacial score (nSPS) is 27.1. The number of likely N-dealkylation sites (N-methyl/N-ethyl adjacent to an activating group) is 1. The van der Waals surface area contributed by atoms with E-state index in [0.29, 0.717) is 42.3 Å². The number of hydrogen-bond acceptors (Lipinski definition) is 11. The van der Waals surface area contributed by atoms with Crippen molar-refractivity contribution in [2.24, 2.45) is 11.8 Å². The number of fused-ring (bicyclic) bond motifs is 1. The van der Waals surface area contributed by atoms with E-state index in [9.17, 15) is 19.2 Å². The van der Waals surface area contributed by atoms with Gasteiger partial charge in [-0.3, -0.25) is 29.4 Å². The van der Waals surface area contributed by atoms with Crippen molar-refractivity contribution in [2.75, 3.05) is 36.9 Å². The number of nitrogens with zero attached hydrogens (tertiary/aromatic N) is 5. The van der Waals surface area contributed by atoms with E-state index in [1.54, 1.807) is 18.1 Å². The lowest BCUT2D eigenvalue weighted by Crippen LogP contribution is -2.51. The topological polar surface area (TPSA) is 150 Å². The zero-order valence-corrected chi connectivity index (χ0v) is 31.4. The van der Waals surface area contributed by atoms with E-state index in [-0.39, 0.29) is 41.3 Å². The van der Waals surface area contributed by atoms with Gasteiger partial charge in [-0.05, 0) is 113 Å². The predicted molar refractivity (Wildman–Crippen MR) is 205 cm³/mol. The quantitative estimate of drug-likeness (QED) is 0.199. The number of nitrogens with one attached hydrogen (secondary N) is 3. The number of aromatic nitrogens is 3. The Labute approximate surface area is 317 Å². The molecule has 1 saturated carbocycles. The largest absolute Gasteiger partial charge is 0.355 e. The monoisotopic (exact) mass is 732 g/mol. The van der Waals surface area contributed by atoms with Gasteiger partial charge < -0.3 is 15.5 Å². The molecule has 1 aliphatic carbocycles. The van der Waals surface area contributed by atoms with E-state index in [2.05, 4.69) is 56.2 Å². The summed E-state index contributed by atoms with van der Waals surface area (Å²) in [5, 5.41) is 9.32. The van der Waals surface area contributed by atoms with Crippen molar-refractivity contribution in [2.45, 2.75) is 108 Å². The number of imide groups is 1. The lowest BCUT2D eigenvalue weighted by atomic mass is 9.77. The minimum absolute atomic E-state index is 0.0511. The summed E-state index contributed by atoms with van der Waals surface area (Å²) in [7, 11) is 1.78. The number of ketones is 2. The van der Waals surface area contributed by atoms with Crippen LogP contribution < -0.4 is 20.9 Å². The molecular formula is C42H52N8O4. The second kappa shape index (κ2) is 15.7. The van der Waals surface area contributed by atoms with Crippen LogP contribution in [0.25, 0.3) is 0 Å². The van der Waals surface area contributed by atoms with Crippen LogP contribution in [-0.4, -0.2) is 82.0 Å². The number of amides is 2. The first-order valence-corrected chi connectivity index (χ1v) is 20.0. The van der Waals surface area contributed by atoms with Crippen LogP contribution in [0.4, 0.5) is 17.5 Å². The fraction of sp³-hybridized carbons (Fsp3) is 0.548. The molecule has 4 unspecified atom stereocenters. The standard InChI is InChI=1S/C42H52N8O4/c1-25(51)39-40(53)37(29-5-3-4-6-29)38-34(49(39)2)24-45-42(48-38)46-35-13-11-30(23-44-35)33-22-27(17-20-50(33)31-15-18-43-19-16-31)21-26-7-9-28(10-8-26)32-12-14-36(52)47-41(32)54/h7-11,13,23-24,27,29,31-33,37,39,43H,3-6,12,14-22H2,1-2H3,(H,47,52,54)(H,44,45,46,48)/t27?,32?,33-,37?,39?/m1/s1. The van der Waals surface area contributed by atoms with Crippen molar-refractivity contribution >= 4 is 40.8 Å². The highest BCUT2D eigenvalue weighted by atomic mass is 16.2. The average Bonchev–Trinajstić information content (AvgIpc) is 3.70. The fourth-order valence-corrected chi connectivity index (χ4v) is 9.97. The molecule has 0 spiro atoms. The zero-order chi connectivity index (χ0) is 37.3. The van der Waals surface area contributed by atoms with E-state index in [0.717, 1.165) is 88.7 Å².